The summed E-state index contributed by atoms with van der Waals surface area (Å²) >= 11 is 0. The highest BCUT2D eigenvalue weighted by Crippen LogP contribution is 2.19. The number of methoxy groups -OCH3 is 1. The first kappa shape index (κ1) is 14.3. The Kier molecular flexibility index (Phi) is 5.45. The van der Waals surface area contributed by atoms with Gasteiger partial charge in [-0.1, -0.05) is 0 Å². The van der Waals surface area contributed by atoms with Gasteiger partial charge in [-0.2, -0.15) is 0 Å². The summed E-state index contributed by atoms with van der Waals surface area (Å²) in [7, 11) is 1.51. The number of hydrogen-bond donors (Lipinski definition) is 1. The second kappa shape index (κ2) is 6.86. The summed E-state index contributed by atoms with van der Waals surface area (Å²) in [5, 5.41) is 0. The number of nitrogen functional groups attached to an aromatic ring is 1. The minimum atomic E-state index is -0.437. The summed E-state index contributed by atoms with van der Waals surface area (Å²) in [6, 6.07) is 4.77. The Morgan fingerprint density at radius 1 is 1.28 bits per heavy atom. The number of carbonyl (C=O) groups is 1. The molecule has 5 nitrogen and oxygen atoms in total. The number of esters is 1. The molecule has 0 spiro atoms. The van der Waals surface area contributed by atoms with Crippen LogP contribution in [0.3, 0.4) is 0 Å². The van der Waals surface area contributed by atoms with E-state index < -0.39 is 5.97 Å². The summed E-state index contributed by atoms with van der Waals surface area (Å²) < 4.78 is 15.4. The van der Waals surface area contributed by atoms with Crippen LogP contribution >= 0.6 is 0 Å². The fraction of sp³-hybridized carbons (Fsp3) is 0.462. The second-order valence-corrected chi connectivity index (χ2v) is 4.05. The summed E-state index contributed by atoms with van der Waals surface area (Å²) in [5.74, 6) is 0.0911. The van der Waals surface area contributed by atoms with E-state index in [1.165, 1.54) is 7.11 Å². The number of anilines is 1. The molecule has 1 rings (SSSR count). The molecule has 0 aliphatic rings. The zero-order valence-electron chi connectivity index (χ0n) is 10.9. The Morgan fingerprint density at radius 2 is 2.00 bits per heavy atom. The van der Waals surface area contributed by atoms with E-state index in [0.29, 0.717) is 23.6 Å². The molecule has 0 saturated carbocycles. The van der Waals surface area contributed by atoms with Crippen LogP contribution in [0.1, 0.15) is 24.2 Å². The van der Waals surface area contributed by atoms with Crippen molar-refractivity contribution in [1.29, 1.82) is 0 Å². The van der Waals surface area contributed by atoms with Crippen LogP contribution in [0, 0.1) is 0 Å². The lowest BCUT2D eigenvalue weighted by molar-refractivity contribution is 0.0177. The average molecular weight is 253 g/mol. The van der Waals surface area contributed by atoms with E-state index in [-0.39, 0.29) is 12.7 Å². The van der Waals surface area contributed by atoms with Crippen molar-refractivity contribution in [3.05, 3.63) is 23.8 Å². The molecule has 0 bridgehead atoms. The number of nitrogens with two attached hydrogens (primary N) is 1. The van der Waals surface area contributed by atoms with Gasteiger partial charge in [0.2, 0.25) is 0 Å². The van der Waals surface area contributed by atoms with Crippen LogP contribution in [0.25, 0.3) is 0 Å². The maximum Gasteiger partial charge on any atom is 0.338 e. The maximum absolute atomic E-state index is 11.7. The molecule has 5 heteroatoms. The molecule has 0 aliphatic carbocycles. The van der Waals surface area contributed by atoms with Gasteiger partial charge in [-0.15, -0.1) is 0 Å². The third-order valence-electron chi connectivity index (χ3n) is 2.17. The minimum Gasteiger partial charge on any atom is -0.497 e. The SMILES string of the molecule is COc1cc(N)cc(C(=O)OCCOC(C)C)c1. The third-order valence-corrected chi connectivity index (χ3v) is 2.17. The van der Waals surface area contributed by atoms with Gasteiger partial charge >= 0.3 is 5.97 Å². The van der Waals surface area contributed by atoms with Gasteiger partial charge < -0.3 is 19.9 Å². The predicted molar refractivity (Wildman–Crippen MR) is 68.8 cm³/mol. The van der Waals surface area contributed by atoms with Crippen LogP contribution in [-0.4, -0.2) is 32.4 Å². The molecule has 1 aromatic carbocycles. The summed E-state index contributed by atoms with van der Waals surface area (Å²) in [6.07, 6.45) is 0.121. The molecule has 0 aliphatic heterocycles. The van der Waals surface area contributed by atoms with Crippen LogP contribution in [0.15, 0.2) is 18.2 Å². The van der Waals surface area contributed by atoms with Gasteiger partial charge in [-0.3, -0.25) is 0 Å². The highest BCUT2D eigenvalue weighted by atomic mass is 16.6. The average Bonchev–Trinajstić information content (AvgIpc) is 2.33. The van der Waals surface area contributed by atoms with E-state index in [1.54, 1.807) is 18.2 Å². The minimum absolute atomic E-state index is 0.121. The molecule has 0 aromatic heterocycles. The first-order valence-electron chi connectivity index (χ1n) is 5.76. The van der Waals surface area contributed by atoms with Gasteiger partial charge in [0.1, 0.15) is 12.4 Å². The molecule has 0 amide bonds. The van der Waals surface area contributed by atoms with E-state index >= 15 is 0 Å². The molecule has 0 fully saturated rings. The lowest BCUT2D eigenvalue weighted by Crippen LogP contribution is -2.13. The number of hydrogen-bond acceptors (Lipinski definition) is 5. The second-order valence-electron chi connectivity index (χ2n) is 4.05. The van der Waals surface area contributed by atoms with Crippen LogP contribution in [0.4, 0.5) is 5.69 Å². The van der Waals surface area contributed by atoms with Crippen molar-refractivity contribution in [3.8, 4) is 5.75 Å². The van der Waals surface area contributed by atoms with E-state index in [2.05, 4.69) is 0 Å². The van der Waals surface area contributed by atoms with Gasteiger partial charge in [-0.25, -0.2) is 4.79 Å². The van der Waals surface area contributed by atoms with Crippen molar-refractivity contribution < 1.29 is 19.0 Å². The van der Waals surface area contributed by atoms with Crippen LogP contribution < -0.4 is 10.5 Å². The molecular formula is C13H19NO4. The number of carbonyl (C=O) groups excluding carboxylic acids is 1. The molecule has 100 valence electrons. The van der Waals surface area contributed by atoms with Gasteiger partial charge in [-0.05, 0) is 26.0 Å². The molecule has 0 unspecified atom stereocenters. The van der Waals surface area contributed by atoms with Gasteiger partial charge in [0.25, 0.3) is 0 Å². The van der Waals surface area contributed by atoms with Crippen molar-refractivity contribution in [3.63, 3.8) is 0 Å². The number of ether oxygens (including phenoxy) is 3. The molecule has 0 radical (unpaired) electrons. The molecule has 1 aromatic rings. The van der Waals surface area contributed by atoms with E-state index in [1.807, 2.05) is 13.8 Å². The predicted octanol–water partition coefficient (Wildman–Crippen LogP) is 1.86. The first-order chi connectivity index (χ1) is 8.52. The summed E-state index contributed by atoms with van der Waals surface area (Å²) in [6.45, 7) is 4.44. The Hall–Kier alpha value is -1.75. The van der Waals surface area contributed by atoms with Crippen molar-refractivity contribution in [2.24, 2.45) is 0 Å². The molecule has 18 heavy (non-hydrogen) atoms. The number of rotatable bonds is 6. The highest BCUT2D eigenvalue weighted by Gasteiger charge is 2.09. The normalized spacial score (nSPS) is 10.4. The van der Waals surface area contributed by atoms with E-state index in [4.69, 9.17) is 19.9 Å². The standard InChI is InChI=1S/C13H19NO4/c1-9(2)17-4-5-18-13(15)10-6-11(14)8-12(7-10)16-3/h6-9H,4-5,14H2,1-3H3. The molecule has 0 saturated heterocycles. The maximum atomic E-state index is 11.7. The molecule has 0 heterocycles. The quantitative estimate of drug-likeness (QED) is 0.476. The van der Waals surface area contributed by atoms with Gasteiger partial charge in [0.05, 0.1) is 25.4 Å². The van der Waals surface area contributed by atoms with E-state index in [0.717, 1.165) is 0 Å². The monoisotopic (exact) mass is 253 g/mol. The van der Waals surface area contributed by atoms with E-state index in [9.17, 15) is 4.79 Å². The van der Waals surface area contributed by atoms with Crippen molar-refractivity contribution in [2.45, 2.75) is 20.0 Å². The fourth-order valence-corrected chi connectivity index (χ4v) is 1.36. The van der Waals surface area contributed by atoms with Crippen LogP contribution in [-0.2, 0) is 9.47 Å². The topological polar surface area (TPSA) is 70.8 Å². The van der Waals surface area contributed by atoms with Crippen LogP contribution in [0.2, 0.25) is 0 Å². The molecule has 2 N–H and O–H groups in total. The smallest absolute Gasteiger partial charge is 0.338 e. The van der Waals surface area contributed by atoms with Crippen molar-refractivity contribution in [1.82, 2.24) is 0 Å². The Labute approximate surface area is 107 Å². The zero-order valence-corrected chi connectivity index (χ0v) is 10.9. The zero-order chi connectivity index (χ0) is 13.5. The van der Waals surface area contributed by atoms with Gasteiger partial charge in [0, 0.05) is 11.8 Å². The van der Waals surface area contributed by atoms with Crippen molar-refractivity contribution >= 4 is 11.7 Å². The van der Waals surface area contributed by atoms with Crippen LogP contribution in [0.5, 0.6) is 5.75 Å². The fourth-order valence-electron chi connectivity index (χ4n) is 1.36. The highest BCUT2D eigenvalue weighted by molar-refractivity contribution is 5.91. The van der Waals surface area contributed by atoms with Gasteiger partial charge in [0.15, 0.2) is 0 Å². The lowest BCUT2D eigenvalue weighted by atomic mass is 10.2. The Balaban J connectivity index is 2.53. The number of benzene rings is 1. The van der Waals surface area contributed by atoms with Crippen molar-refractivity contribution in [2.75, 3.05) is 26.1 Å². The lowest BCUT2D eigenvalue weighted by Gasteiger charge is -2.09. The Bertz CT molecular complexity index is 404. The largest absolute Gasteiger partial charge is 0.497 e. The summed E-state index contributed by atoms with van der Waals surface area (Å²) in [4.78, 5) is 11.7. The molecule has 0 atom stereocenters. The molecular weight excluding hydrogens is 234 g/mol. The first-order valence-corrected chi connectivity index (χ1v) is 5.76. The third kappa shape index (κ3) is 4.63. The Morgan fingerprint density at radius 3 is 2.61 bits per heavy atom. The summed E-state index contributed by atoms with van der Waals surface area (Å²) in [5.41, 5.74) is 6.48.